The topological polar surface area (TPSA) is 12.9 Å². The van der Waals surface area contributed by atoms with E-state index >= 15 is 0 Å². The predicted octanol–water partition coefficient (Wildman–Crippen LogP) is 5.93. The molecular formula is C27H29NSi2. The van der Waals surface area contributed by atoms with Gasteiger partial charge in [-0.3, -0.25) is 4.98 Å². The molecule has 1 aromatic heterocycles. The van der Waals surface area contributed by atoms with Crippen molar-refractivity contribution in [3.05, 3.63) is 108 Å². The van der Waals surface area contributed by atoms with Crippen LogP contribution in [0.3, 0.4) is 0 Å². The molecule has 0 spiro atoms. The summed E-state index contributed by atoms with van der Waals surface area (Å²) in [6, 6.07) is 32.8. The van der Waals surface area contributed by atoms with Crippen LogP contribution < -0.4 is 10.4 Å². The van der Waals surface area contributed by atoms with Gasteiger partial charge in [0.05, 0.1) is 5.52 Å². The number of rotatable bonds is 5. The second kappa shape index (κ2) is 8.17. The molecule has 4 aromatic rings. The summed E-state index contributed by atoms with van der Waals surface area (Å²) in [6.07, 6.45) is 1.92. The second-order valence-electron chi connectivity index (χ2n) is 9.02. The van der Waals surface area contributed by atoms with Gasteiger partial charge in [0.25, 0.3) is 0 Å². The van der Waals surface area contributed by atoms with Crippen LogP contribution in [0.15, 0.2) is 103 Å². The van der Waals surface area contributed by atoms with E-state index in [1.54, 1.807) is 0 Å². The Kier molecular flexibility index (Phi) is 5.59. The minimum Gasteiger partial charge on any atom is -0.256 e. The summed E-state index contributed by atoms with van der Waals surface area (Å²) in [5.41, 5.74) is 5.14. The molecule has 3 heteroatoms. The van der Waals surface area contributed by atoms with Crippen molar-refractivity contribution in [1.82, 2.24) is 4.98 Å². The Bertz CT molecular complexity index is 1170. The standard InChI is InChI=1S/C27H29NSi2/c1-29(2,24-17-9-6-10-18-24)21-26(22-13-7-5-8-14-22)30(3,4)25-19-11-15-23-16-12-20-28-27(23)25/h5-21H,1-4H3/b26-21+. The maximum atomic E-state index is 4.80. The van der Waals surface area contributed by atoms with Crippen LogP contribution in [0.4, 0.5) is 0 Å². The first-order valence-electron chi connectivity index (χ1n) is 10.6. The number of benzene rings is 3. The highest BCUT2D eigenvalue weighted by Crippen LogP contribution is 2.30. The van der Waals surface area contributed by atoms with Gasteiger partial charge in [0.1, 0.15) is 16.1 Å². The van der Waals surface area contributed by atoms with Crippen LogP contribution in [0.5, 0.6) is 0 Å². The average molecular weight is 424 g/mol. The van der Waals surface area contributed by atoms with Crippen LogP contribution >= 0.6 is 0 Å². The molecular weight excluding hydrogens is 394 g/mol. The second-order valence-corrected chi connectivity index (χ2v) is 17.7. The Hall–Kier alpha value is -2.76. The highest BCUT2D eigenvalue weighted by Gasteiger charge is 2.34. The lowest BCUT2D eigenvalue weighted by Gasteiger charge is -2.31. The van der Waals surface area contributed by atoms with Gasteiger partial charge >= 0.3 is 0 Å². The predicted molar refractivity (Wildman–Crippen MR) is 137 cm³/mol. The number of hydrogen-bond acceptors (Lipinski definition) is 1. The van der Waals surface area contributed by atoms with E-state index in [2.05, 4.69) is 117 Å². The van der Waals surface area contributed by atoms with Crippen LogP contribution in [0.2, 0.25) is 26.2 Å². The molecule has 0 radical (unpaired) electrons. The Morgan fingerprint density at radius 3 is 2.03 bits per heavy atom. The number of pyridine rings is 1. The van der Waals surface area contributed by atoms with Crippen LogP contribution in [-0.4, -0.2) is 21.1 Å². The molecule has 0 aliphatic heterocycles. The minimum absolute atomic E-state index is 1.15. The monoisotopic (exact) mass is 423 g/mol. The normalized spacial score (nSPS) is 12.9. The van der Waals surface area contributed by atoms with E-state index in [9.17, 15) is 0 Å². The Labute approximate surface area is 182 Å². The zero-order valence-electron chi connectivity index (χ0n) is 18.3. The fourth-order valence-corrected chi connectivity index (χ4v) is 11.4. The molecule has 1 heterocycles. The van der Waals surface area contributed by atoms with E-state index in [4.69, 9.17) is 4.98 Å². The van der Waals surface area contributed by atoms with Gasteiger partial charge in [0.2, 0.25) is 0 Å². The van der Waals surface area contributed by atoms with Crippen molar-refractivity contribution in [2.45, 2.75) is 26.2 Å². The van der Waals surface area contributed by atoms with E-state index in [0.29, 0.717) is 0 Å². The van der Waals surface area contributed by atoms with Crippen molar-refractivity contribution in [1.29, 1.82) is 0 Å². The van der Waals surface area contributed by atoms with Crippen LogP contribution in [0.25, 0.3) is 16.1 Å². The van der Waals surface area contributed by atoms with E-state index in [1.165, 1.54) is 26.5 Å². The van der Waals surface area contributed by atoms with Crippen molar-refractivity contribution >= 4 is 42.6 Å². The van der Waals surface area contributed by atoms with Crippen molar-refractivity contribution in [2.75, 3.05) is 0 Å². The van der Waals surface area contributed by atoms with Crippen LogP contribution in [0, 0.1) is 0 Å². The molecule has 0 saturated carbocycles. The highest BCUT2D eigenvalue weighted by atomic mass is 28.3. The van der Waals surface area contributed by atoms with Crippen molar-refractivity contribution in [3.8, 4) is 0 Å². The van der Waals surface area contributed by atoms with Crippen LogP contribution in [0.1, 0.15) is 5.56 Å². The number of hydrogen-bond donors (Lipinski definition) is 0. The summed E-state index contributed by atoms with van der Waals surface area (Å²) in [6.45, 7) is 9.86. The van der Waals surface area contributed by atoms with Crippen molar-refractivity contribution in [3.63, 3.8) is 0 Å². The molecule has 1 nitrogen and oxygen atoms in total. The lowest BCUT2D eigenvalue weighted by Crippen LogP contribution is -2.47. The third kappa shape index (κ3) is 3.96. The number of para-hydroxylation sites is 1. The summed E-state index contributed by atoms with van der Waals surface area (Å²) < 4.78 is 0. The lowest BCUT2D eigenvalue weighted by molar-refractivity contribution is 1.42. The third-order valence-corrected chi connectivity index (χ3v) is 12.7. The first-order valence-corrected chi connectivity index (χ1v) is 16.7. The molecule has 150 valence electrons. The molecule has 0 aliphatic carbocycles. The first kappa shape index (κ1) is 20.5. The highest BCUT2D eigenvalue weighted by molar-refractivity contribution is 7.08. The van der Waals surface area contributed by atoms with Gasteiger partial charge in [0, 0.05) is 11.6 Å². The van der Waals surface area contributed by atoms with E-state index in [-0.39, 0.29) is 0 Å². The van der Waals surface area contributed by atoms with Gasteiger partial charge in [-0.15, -0.1) is 0 Å². The molecule has 0 aliphatic rings. The lowest BCUT2D eigenvalue weighted by atomic mass is 10.2. The van der Waals surface area contributed by atoms with Gasteiger partial charge in [0.15, 0.2) is 0 Å². The SMILES string of the molecule is C[Si](C)(/C=C(\c1ccccc1)[Si](C)(C)c1cccc2cccnc12)c1ccccc1. The summed E-state index contributed by atoms with van der Waals surface area (Å²) >= 11 is 0. The third-order valence-electron chi connectivity index (χ3n) is 6.09. The number of nitrogens with zero attached hydrogens (tertiary/aromatic N) is 1. The molecule has 0 atom stereocenters. The summed E-state index contributed by atoms with van der Waals surface area (Å²) in [7, 11) is -3.81. The van der Waals surface area contributed by atoms with Crippen molar-refractivity contribution < 1.29 is 0 Å². The Morgan fingerprint density at radius 2 is 1.33 bits per heavy atom. The van der Waals surface area contributed by atoms with Gasteiger partial charge in [-0.2, -0.15) is 0 Å². The fraction of sp³-hybridized carbons (Fsp3) is 0.148. The molecule has 30 heavy (non-hydrogen) atoms. The maximum absolute atomic E-state index is 4.80. The fourth-order valence-electron chi connectivity index (χ4n) is 4.31. The summed E-state index contributed by atoms with van der Waals surface area (Å²) in [4.78, 5) is 4.80. The maximum Gasteiger partial charge on any atom is 0.114 e. The average Bonchev–Trinajstić information content (AvgIpc) is 2.78. The molecule has 0 bridgehead atoms. The zero-order valence-corrected chi connectivity index (χ0v) is 20.3. The molecule has 3 aromatic carbocycles. The van der Waals surface area contributed by atoms with Gasteiger partial charge in [-0.1, -0.05) is 127 Å². The van der Waals surface area contributed by atoms with E-state index < -0.39 is 16.1 Å². The van der Waals surface area contributed by atoms with E-state index in [0.717, 1.165) is 5.52 Å². The Balaban J connectivity index is 1.94. The molecule has 0 amide bonds. The smallest absolute Gasteiger partial charge is 0.114 e. The quantitative estimate of drug-likeness (QED) is 0.363. The minimum atomic E-state index is -2.02. The Morgan fingerprint density at radius 1 is 0.700 bits per heavy atom. The van der Waals surface area contributed by atoms with Gasteiger partial charge in [-0.25, -0.2) is 0 Å². The van der Waals surface area contributed by atoms with Gasteiger partial charge in [-0.05, 0) is 16.8 Å². The first-order chi connectivity index (χ1) is 14.4. The molecule has 0 N–H and O–H groups in total. The van der Waals surface area contributed by atoms with Crippen LogP contribution in [-0.2, 0) is 0 Å². The largest absolute Gasteiger partial charge is 0.256 e. The zero-order chi connectivity index (χ0) is 21.2. The van der Waals surface area contributed by atoms with E-state index in [1.807, 2.05) is 12.3 Å². The molecule has 4 rings (SSSR count). The molecule has 0 saturated heterocycles. The van der Waals surface area contributed by atoms with Gasteiger partial charge < -0.3 is 0 Å². The summed E-state index contributed by atoms with van der Waals surface area (Å²) in [5.74, 6) is 0. The van der Waals surface area contributed by atoms with Crippen molar-refractivity contribution in [2.24, 2.45) is 0 Å². The number of fused-ring (bicyclic) bond motifs is 1. The molecule has 0 fully saturated rings. The summed E-state index contributed by atoms with van der Waals surface area (Å²) in [5, 5.41) is 5.62. The molecule has 0 unspecified atom stereocenters. The number of aromatic nitrogens is 1.